The molecule has 0 saturated carbocycles. The second-order valence-corrected chi connectivity index (χ2v) is 5.90. The number of carboxylic acids is 1. The van der Waals surface area contributed by atoms with Crippen LogP contribution in [-0.2, 0) is 11.2 Å². The number of carbonyl (C=O) groups is 1. The molecule has 4 nitrogen and oxygen atoms in total. The van der Waals surface area contributed by atoms with E-state index < -0.39 is 5.97 Å². The topological polar surface area (TPSA) is 54.6 Å². The molecular weight excluding hydrogens is 347 g/mol. The second-order valence-electron chi connectivity index (χ2n) is 4.21. The number of aliphatic carboxylic acids is 1. The lowest BCUT2D eigenvalue weighted by Gasteiger charge is -1.98. The smallest absolute Gasteiger partial charge is 0.309 e. The molecule has 0 spiro atoms. The first-order chi connectivity index (χ1) is 9.54. The molecule has 0 amide bonds. The van der Waals surface area contributed by atoms with Crippen LogP contribution < -0.4 is 0 Å². The lowest BCUT2D eigenvalue weighted by molar-refractivity contribution is -0.136. The van der Waals surface area contributed by atoms with E-state index in [0.717, 1.165) is 10.5 Å². The predicted octanol–water partition coefficient (Wildman–Crippen LogP) is 3.59. The number of fused-ring (bicyclic) bond motifs is 1. The Hall–Kier alpha value is -1.73. The van der Waals surface area contributed by atoms with Gasteiger partial charge in [-0.1, -0.05) is 0 Å². The van der Waals surface area contributed by atoms with Gasteiger partial charge in [0.2, 0.25) is 0 Å². The molecule has 0 atom stereocenters. The molecule has 0 aliphatic heterocycles. The van der Waals surface area contributed by atoms with Gasteiger partial charge in [0.25, 0.3) is 0 Å². The van der Waals surface area contributed by atoms with Crippen molar-refractivity contribution in [2.24, 2.45) is 0 Å². The van der Waals surface area contributed by atoms with E-state index in [1.165, 1.54) is 17.4 Å². The maximum atomic E-state index is 13.2. The summed E-state index contributed by atoms with van der Waals surface area (Å²) >= 11 is 4.52. The van der Waals surface area contributed by atoms with Gasteiger partial charge in [-0.3, -0.25) is 9.20 Å². The number of thiazole rings is 1. The number of hydrogen-bond donors (Lipinski definition) is 1. The molecule has 0 aliphatic carbocycles. The normalized spacial score (nSPS) is 11.1. The van der Waals surface area contributed by atoms with Crippen LogP contribution in [0, 0.1) is 5.82 Å². The molecule has 2 aromatic heterocycles. The van der Waals surface area contributed by atoms with Crippen LogP contribution in [0.5, 0.6) is 0 Å². The van der Waals surface area contributed by atoms with Crippen LogP contribution in [0.1, 0.15) is 5.69 Å². The number of rotatable bonds is 3. The van der Waals surface area contributed by atoms with Gasteiger partial charge >= 0.3 is 5.97 Å². The molecule has 0 radical (unpaired) electrons. The van der Waals surface area contributed by atoms with Gasteiger partial charge in [0.15, 0.2) is 4.96 Å². The maximum Gasteiger partial charge on any atom is 0.309 e. The van der Waals surface area contributed by atoms with E-state index in [1.807, 2.05) is 0 Å². The Labute approximate surface area is 125 Å². The van der Waals surface area contributed by atoms with Crippen molar-refractivity contribution in [1.29, 1.82) is 0 Å². The zero-order chi connectivity index (χ0) is 14.3. The van der Waals surface area contributed by atoms with E-state index in [9.17, 15) is 9.18 Å². The lowest BCUT2D eigenvalue weighted by atomic mass is 10.2. The number of halogens is 2. The molecule has 102 valence electrons. The van der Waals surface area contributed by atoms with E-state index in [-0.39, 0.29) is 12.2 Å². The van der Waals surface area contributed by atoms with Gasteiger partial charge in [-0.2, -0.15) is 0 Å². The summed E-state index contributed by atoms with van der Waals surface area (Å²) in [5.41, 5.74) is 2.14. The molecule has 7 heteroatoms. The molecule has 0 aliphatic rings. The van der Waals surface area contributed by atoms with Crippen molar-refractivity contribution in [3.8, 4) is 11.3 Å². The first kappa shape index (κ1) is 13.3. The van der Waals surface area contributed by atoms with Gasteiger partial charge < -0.3 is 5.11 Å². The molecule has 1 aromatic carbocycles. The summed E-state index contributed by atoms with van der Waals surface area (Å²) in [5.74, 6) is -1.22. The molecule has 2 heterocycles. The van der Waals surface area contributed by atoms with Gasteiger partial charge in [0, 0.05) is 22.8 Å². The van der Waals surface area contributed by atoms with Crippen LogP contribution in [0.3, 0.4) is 0 Å². The minimum Gasteiger partial charge on any atom is -0.481 e. The molecule has 20 heavy (non-hydrogen) atoms. The van der Waals surface area contributed by atoms with Crippen molar-refractivity contribution in [2.45, 2.75) is 6.42 Å². The van der Waals surface area contributed by atoms with E-state index in [4.69, 9.17) is 5.11 Å². The lowest BCUT2D eigenvalue weighted by Crippen LogP contribution is -2.02. The Bertz CT molecular complexity index is 812. The van der Waals surface area contributed by atoms with Crippen LogP contribution in [0.25, 0.3) is 16.2 Å². The third kappa shape index (κ3) is 2.34. The van der Waals surface area contributed by atoms with Crippen LogP contribution in [0.4, 0.5) is 4.39 Å². The average Bonchev–Trinajstić information content (AvgIpc) is 2.94. The van der Waals surface area contributed by atoms with Crippen molar-refractivity contribution in [3.05, 3.63) is 45.8 Å². The first-order valence-corrected chi connectivity index (χ1v) is 7.34. The SMILES string of the molecule is O=C(O)Cc1csc2nc(-c3ccc(F)c(Br)c3)cn12. The fraction of sp³-hybridized carbons (Fsp3) is 0.0769. The Morgan fingerprint density at radius 1 is 1.50 bits per heavy atom. The summed E-state index contributed by atoms with van der Waals surface area (Å²) in [6, 6.07) is 4.66. The fourth-order valence-corrected chi connectivity index (χ4v) is 3.16. The molecule has 0 fully saturated rings. The molecule has 1 N–H and O–H groups in total. The van der Waals surface area contributed by atoms with Crippen molar-refractivity contribution in [3.63, 3.8) is 0 Å². The standard InChI is InChI=1S/C13H8BrFN2O2S/c14-9-3-7(1-2-10(9)15)11-5-17-8(4-12(18)19)6-20-13(17)16-11/h1-3,5-6H,4H2,(H,18,19). The van der Waals surface area contributed by atoms with Crippen LogP contribution in [-0.4, -0.2) is 20.5 Å². The number of nitrogens with zero attached hydrogens (tertiary/aromatic N) is 2. The first-order valence-electron chi connectivity index (χ1n) is 5.67. The number of imidazole rings is 1. The number of hydrogen-bond acceptors (Lipinski definition) is 3. The Kier molecular flexibility index (Phi) is 3.31. The summed E-state index contributed by atoms with van der Waals surface area (Å²) in [4.78, 5) is 15.9. The monoisotopic (exact) mass is 354 g/mol. The third-order valence-corrected chi connectivity index (χ3v) is 4.33. The van der Waals surface area contributed by atoms with Crippen LogP contribution in [0.15, 0.2) is 34.2 Å². The van der Waals surface area contributed by atoms with Gasteiger partial charge in [0.05, 0.1) is 16.6 Å². The predicted molar refractivity (Wildman–Crippen MR) is 77.5 cm³/mol. The highest BCUT2D eigenvalue weighted by Gasteiger charge is 2.12. The Morgan fingerprint density at radius 2 is 2.30 bits per heavy atom. The highest BCUT2D eigenvalue weighted by atomic mass is 79.9. The summed E-state index contributed by atoms with van der Waals surface area (Å²) < 4.78 is 15.4. The van der Waals surface area contributed by atoms with E-state index in [1.54, 1.807) is 28.1 Å². The average molecular weight is 355 g/mol. The molecule has 0 bridgehead atoms. The highest BCUT2D eigenvalue weighted by Crippen LogP contribution is 2.27. The molecule has 0 unspecified atom stereocenters. The largest absolute Gasteiger partial charge is 0.481 e. The second kappa shape index (κ2) is 4.99. The summed E-state index contributed by atoms with van der Waals surface area (Å²) in [6.07, 6.45) is 1.71. The van der Waals surface area contributed by atoms with Gasteiger partial charge in [0.1, 0.15) is 5.82 Å². The summed E-state index contributed by atoms with van der Waals surface area (Å²) in [7, 11) is 0. The van der Waals surface area contributed by atoms with Crippen LogP contribution in [0.2, 0.25) is 0 Å². The Balaban J connectivity index is 2.06. The number of benzene rings is 1. The molecular formula is C13H8BrFN2O2S. The van der Waals surface area contributed by atoms with Gasteiger partial charge in [-0.05, 0) is 34.1 Å². The summed E-state index contributed by atoms with van der Waals surface area (Å²) in [6.45, 7) is 0. The molecule has 0 saturated heterocycles. The van der Waals surface area contributed by atoms with Crippen molar-refractivity contribution in [2.75, 3.05) is 0 Å². The number of carboxylic acid groups (broad SMARTS) is 1. The van der Waals surface area contributed by atoms with Crippen molar-refractivity contribution >= 4 is 38.2 Å². The third-order valence-electron chi connectivity index (χ3n) is 2.83. The minimum atomic E-state index is -0.885. The van der Waals surface area contributed by atoms with E-state index in [2.05, 4.69) is 20.9 Å². The molecule has 3 aromatic rings. The fourth-order valence-electron chi connectivity index (χ4n) is 1.91. The van der Waals surface area contributed by atoms with Gasteiger partial charge in [-0.15, -0.1) is 11.3 Å². The van der Waals surface area contributed by atoms with Gasteiger partial charge in [-0.25, -0.2) is 9.37 Å². The van der Waals surface area contributed by atoms with E-state index in [0.29, 0.717) is 15.9 Å². The highest BCUT2D eigenvalue weighted by molar-refractivity contribution is 9.10. The number of aromatic nitrogens is 2. The van der Waals surface area contributed by atoms with E-state index >= 15 is 0 Å². The Morgan fingerprint density at radius 3 is 3.00 bits per heavy atom. The quantitative estimate of drug-likeness (QED) is 0.781. The zero-order valence-electron chi connectivity index (χ0n) is 10.0. The minimum absolute atomic E-state index is 0.0527. The zero-order valence-corrected chi connectivity index (χ0v) is 12.4. The van der Waals surface area contributed by atoms with Crippen molar-refractivity contribution < 1.29 is 14.3 Å². The van der Waals surface area contributed by atoms with Crippen LogP contribution >= 0.6 is 27.3 Å². The maximum absolute atomic E-state index is 13.2. The molecule has 3 rings (SSSR count). The summed E-state index contributed by atoms with van der Waals surface area (Å²) in [5, 5.41) is 10.6. The van der Waals surface area contributed by atoms with Crippen molar-refractivity contribution in [1.82, 2.24) is 9.38 Å².